The zero-order valence-corrected chi connectivity index (χ0v) is 10.8. The molecular weight excluding hydrogens is 291 g/mol. The summed E-state index contributed by atoms with van der Waals surface area (Å²) in [7, 11) is 0. The molecule has 0 heterocycles. The van der Waals surface area contributed by atoms with Crippen molar-refractivity contribution in [2.24, 2.45) is 5.73 Å². The van der Waals surface area contributed by atoms with E-state index in [1.807, 2.05) is 0 Å². The minimum Gasteiger partial charge on any atom is -0.370 e. The SMILES string of the molecule is NCCOCC(=O)NCc1cc(F)ccc1Br. The Kier molecular flexibility index (Phi) is 6.10. The van der Waals surface area contributed by atoms with Gasteiger partial charge in [0.1, 0.15) is 12.4 Å². The molecule has 6 heteroatoms. The molecule has 4 nitrogen and oxygen atoms in total. The van der Waals surface area contributed by atoms with Crippen molar-refractivity contribution < 1.29 is 13.9 Å². The average Bonchev–Trinajstić information content (AvgIpc) is 2.31. The average molecular weight is 305 g/mol. The van der Waals surface area contributed by atoms with Crippen LogP contribution in [0.1, 0.15) is 5.56 Å². The van der Waals surface area contributed by atoms with Gasteiger partial charge in [-0.2, -0.15) is 0 Å². The van der Waals surface area contributed by atoms with Crippen LogP contribution in [0.25, 0.3) is 0 Å². The lowest BCUT2D eigenvalue weighted by atomic mass is 10.2. The van der Waals surface area contributed by atoms with E-state index in [0.717, 1.165) is 4.47 Å². The Morgan fingerprint density at radius 2 is 2.29 bits per heavy atom. The molecule has 17 heavy (non-hydrogen) atoms. The number of nitrogens with one attached hydrogen (secondary N) is 1. The fourth-order valence-electron chi connectivity index (χ4n) is 1.17. The zero-order valence-electron chi connectivity index (χ0n) is 9.21. The standard InChI is InChI=1S/C11H14BrFN2O2/c12-10-2-1-9(13)5-8(10)6-15-11(16)7-17-4-3-14/h1-2,5H,3-4,6-7,14H2,(H,15,16). The maximum atomic E-state index is 12.9. The third kappa shape index (κ3) is 5.25. The van der Waals surface area contributed by atoms with E-state index in [1.54, 1.807) is 6.07 Å². The van der Waals surface area contributed by atoms with Gasteiger partial charge in [0.2, 0.25) is 5.91 Å². The summed E-state index contributed by atoms with van der Waals surface area (Å²) < 4.78 is 18.7. The summed E-state index contributed by atoms with van der Waals surface area (Å²) in [6, 6.07) is 4.31. The van der Waals surface area contributed by atoms with Crippen molar-refractivity contribution in [2.75, 3.05) is 19.8 Å². The molecule has 94 valence electrons. The third-order valence-electron chi connectivity index (χ3n) is 1.98. The number of carbonyl (C=O) groups is 1. The Morgan fingerprint density at radius 1 is 1.53 bits per heavy atom. The smallest absolute Gasteiger partial charge is 0.246 e. The van der Waals surface area contributed by atoms with E-state index >= 15 is 0 Å². The molecule has 0 bridgehead atoms. The molecule has 0 radical (unpaired) electrons. The first-order chi connectivity index (χ1) is 8.13. The van der Waals surface area contributed by atoms with Crippen molar-refractivity contribution in [1.82, 2.24) is 5.32 Å². The molecule has 1 rings (SSSR count). The van der Waals surface area contributed by atoms with Crippen LogP contribution in [0.4, 0.5) is 4.39 Å². The first-order valence-corrected chi connectivity index (χ1v) is 5.91. The molecule has 0 aromatic heterocycles. The Balaban J connectivity index is 2.39. The summed E-state index contributed by atoms with van der Waals surface area (Å²) in [6.07, 6.45) is 0. The van der Waals surface area contributed by atoms with Gasteiger partial charge in [-0.3, -0.25) is 4.79 Å². The molecule has 0 spiro atoms. The molecule has 0 aliphatic carbocycles. The molecule has 0 saturated heterocycles. The van der Waals surface area contributed by atoms with Crippen molar-refractivity contribution in [2.45, 2.75) is 6.54 Å². The van der Waals surface area contributed by atoms with Gasteiger partial charge in [-0.1, -0.05) is 15.9 Å². The molecule has 0 fully saturated rings. The number of hydrogen-bond acceptors (Lipinski definition) is 3. The van der Waals surface area contributed by atoms with Crippen LogP contribution in [0.2, 0.25) is 0 Å². The highest BCUT2D eigenvalue weighted by molar-refractivity contribution is 9.10. The zero-order chi connectivity index (χ0) is 12.7. The number of nitrogens with two attached hydrogens (primary N) is 1. The van der Waals surface area contributed by atoms with Crippen LogP contribution in [0.5, 0.6) is 0 Å². The van der Waals surface area contributed by atoms with Gasteiger partial charge in [0.05, 0.1) is 6.61 Å². The van der Waals surface area contributed by atoms with E-state index in [-0.39, 0.29) is 24.9 Å². The lowest BCUT2D eigenvalue weighted by molar-refractivity contribution is -0.125. The minimum atomic E-state index is -0.336. The predicted octanol–water partition coefficient (Wildman–Crippen LogP) is 1.18. The maximum Gasteiger partial charge on any atom is 0.246 e. The van der Waals surface area contributed by atoms with Crippen molar-refractivity contribution in [3.63, 3.8) is 0 Å². The number of rotatable bonds is 6. The van der Waals surface area contributed by atoms with Gasteiger partial charge in [0.15, 0.2) is 0 Å². The Bertz CT molecular complexity index is 388. The van der Waals surface area contributed by atoms with E-state index < -0.39 is 0 Å². The second-order valence-corrected chi connectivity index (χ2v) is 4.21. The van der Waals surface area contributed by atoms with E-state index in [1.165, 1.54) is 12.1 Å². The summed E-state index contributed by atoms with van der Waals surface area (Å²) in [5.74, 6) is -0.591. The Labute approximate surface area is 107 Å². The molecule has 0 atom stereocenters. The van der Waals surface area contributed by atoms with Gasteiger partial charge in [-0.05, 0) is 23.8 Å². The second-order valence-electron chi connectivity index (χ2n) is 3.35. The van der Waals surface area contributed by atoms with E-state index in [2.05, 4.69) is 21.2 Å². The number of hydrogen-bond donors (Lipinski definition) is 2. The summed E-state index contributed by atoms with van der Waals surface area (Å²) in [5.41, 5.74) is 5.89. The molecule has 0 unspecified atom stereocenters. The van der Waals surface area contributed by atoms with Crippen LogP contribution < -0.4 is 11.1 Å². The van der Waals surface area contributed by atoms with Crippen LogP contribution in [0.15, 0.2) is 22.7 Å². The first-order valence-electron chi connectivity index (χ1n) is 5.12. The highest BCUT2D eigenvalue weighted by atomic mass is 79.9. The Morgan fingerprint density at radius 3 is 3.00 bits per heavy atom. The molecule has 0 aliphatic rings. The van der Waals surface area contributed by atoms with Gasteiger partial charge in [-0.25, -0.2) is 4.39 Å². The maximum absolute atomic E-state index is 12.9. The highest BCUT2D eigenvalue weighted by Gasteiger charge is 2.05. The monoisotopic (exact) mass is 304 g/mol. The number of amides is 1. The largest absolute Gasteiger partial charge is 0.370 e. The lowest BCUT2D eigenvalue weighted by Gasteiger charge is -2.07. The van der Waals surface area contributed by atoms with Crippen molar-refractivity contribution in [3.8, 4) is 0 Å². The van der Waals surface area contributed by atoms with Gasteiger partial charge in [0.25, 0.3) is 0 Å². The minimum absolute atomic E-state index is 0.0376. The van der Waals surface area contributed by atoms with Gasteiger partial charge >= 0.3 is 0 Å². The summed E-state index contributed by atoms with van der Waals surface area (Å²) in [4.78, 5) is 11.3. The first kappa shape index (κ1) is 14.1. The molecule has 3 N–H and O–H groups in total. The van der Waals surface area contributed by atoms with Crippen molar-refractivity contribution in [3.05, 3.63) is 34.1 Å². The summed E-state index contributed by atoms with van der Waals surface area (Å²) in [6.45, 7) is 0.938. The molecule has 1 aromatic rings. The van der Waals surface area contributed by atoms with Crippen LogP contribution in [-0.2, 0) is 16.1 Å². The van der Waals surface area contributed by atoms with Crippen LogP contribution in [0.3, 0.4) is 0 Å². The highest BCUT2D eigenvalue weighted by Crippen LogP contribution is 2.17. The molecule has 0 saturated carbocycles. The second kappa shape index (κ2) is 7.37. The summed E-state index contributed by atoms with van der Waals surface area (Å²) >= 11 is 3.28. The van der Waals surface area contributed by atoms with E-state index in [4.69, 9.17) is 10.5 Å². The third-order valence-corrected chi connectivity index (χ3v) is 2.75. The van der Waals surface area contributed by atoms with Crippen LogP contribution in [0, 0.1) is 5.82 Å². The fraction of sp³-hybridized carbons (Fsp3) is 0.364. The van der Waals surface area contributed by atoms with Crippen LogP contribution >= 0.6 is 15.9 Å². The predicted molar refractivity (Wildman–Crippen MR) is 65.8 cm³/mol. The van der Waals surface area contributed by atoms with Gasteiger partial charge in [0, 0.05) is 17.6 Å². The molecule has 1 aromatic carbocycles. The lowest BCUT2D eigenvalue weighted by Crippen LogP contribution is -2.28. The number of halogens is 2. The molecule has 1 amide bonds. The Hall–Kier alpha value is -0.980. The number of ether oxygens (including phenoxy) is 1. The van der Waals surface area contributed by atoms with Crippen molar-refractivity contribution in [1.29, 1.82) is 0 Å². The summed E-state index contributed by atoms with van der Waals surface area (Å²) in [5, 5.41) is 2.62. The van der Waals surface area contributed by atoms with E-state index in [9.17, 15) is 9.18 Å². The normalized spacial score (nSPS) is 10.3. The molecular formula is C11H14BrFN2O2. The van der Waals surface area contributed by atoms with Gasteiger partial charge < -0.3 is 15.8 Å². The van der Waals surface area contributed by atoms with Crippen LogP contribution in [-0.4, -0.2) is 25.7 Å². The number of carbonyl (C=O) groups excluding carboxylic acids is 1. The van der Waals surface area contributed by atoms with E-state index in [0.29, 0.717) is 18.7 Å². The van der Waals surface area contributed by atoms with Crippen molar-refractivity contribution >= 4 is 21.8 Å². The molecule has 0 aliphatic heterocycles. The quantitative estimate of drug-likeness (QED) is 0.776. The topological polar surface area (TPSA) is 64.3 Å². The fourth-order valence-corrected chi connectivity index (χ4v) is 1.56. The van der Waals surface area contributed by atoms with Gasteiger partial charge in [-0.15, -0.1) is 0 Å². The number of benzene rings is 1.